The van der Waals surface area contributed by atoms with Crippen LogP contribution in [0, 0.1) is 0 Å². The lowest BCUT2D eigenvalue weighted by Crippen LogP contribution is -1.99. The summed E-state index contributed by atoms with van der Waals surface area (Å²) in [5.41, 5.74) is -0.00468. The molecule has 0 bridgehead atoms. The SMILES string of the molecule is O=C(O)c1cc(Cl)c2cc(C(=O)O)cc(Cl)c2c1. The van der Waals surface area contributed by atoms with E-state index in [2.05, 4.69) is 0 Å². The van der Waals surface area contributed by atoms with E-state index >= 15 is 0 Å². The molecule has 0 aliphatic carbocycles. The lowest BCUT2D eigenvalue weighted by atomic mass is 10.0. The number of halogens is 2. The molecule has 0 aliphatic heterocycles. The smallest absolute Gasteiger partial charge is 0.335 e. The van der Waals surface area contributed by atoms with Crippen LogP contribution >= 0.6 is 23.2 Å². The molecule has 6 heteroatoms. The second-order valence-corrected chi connectivity index (χ2v) is 4.44. The van der Waals surface area contributed by atoms with Gasteiger partial charge in [-0.25, -0.2) is 9.59 Å². The maximum atomic E-state index is 10.9. The Hall–Kier alpha value is -1.78. The minimum absolute atomic E-state index is 0.00234. The zero-order chi connectivity index (χ0) is 13.4. The molecule has 2 N–H and O–H groups in total. The number of fused-ring (bicyclic) bond motifs is 1. The van der Waals surface area contributed by atoms with E-state index in [0.717, 1.165) is 0 Å². The lowest BCUT2D eigenvalue weighted by molar-refractivity contribution is 0.0686. The van der Waals surface area contributed by atoms with Crippen LogP contribution in [0.2, 0.25) is 10.0 Å². The summed E-state index contributed by atoms with van der Waals surface area (Å²) in [6.07, 6.45) is 0. The first-order valence-electron chi connectivity index (χ1n) is 4.79. The predicted molar refractivity (Wildman–Crippen MR) is 67.9 cm³/mol. The molecule has 0 saturated heterocycles. The lowest BCUT2D eigenvalue weighted by Gasteiger charge is -2.06. The number of rotatable bonds is 2. The summed E-state index contributed by atoms with van der Waals surface area (Å²) in [5, 5.41) is 18.9. The highest BCUT2D eigenvalue weighted by molar-refractivity contribution is 6.40. The molecule has 0 aliphatic rings. The van der Waals surface area contributed by atoms with Crippen molar-refractivity contribution in [2.45, 2.75) is 0 Å². The van der Waals surface area contributed by atoms with Crippen molar-refractivity contribution in [3.63, 3.8) is 0 Å². The van der Waals surface area contributed by atoms with E-state index in [1.165, 1.54) is 24.3 Å². The van der Waals surface area contributed by atoms with E-state index in [1.807, 2.05) is 0 Å². The largest absolute Gasteiger partial charge is 0.478 e. The molecule has 0 radical (unpaired) electrons. The van der Waals surface area contributed by atoms with E-state index in [-0.39, 0.29) is 21.2 Å². The quantitative estimate of drug-likeness (QED) is 0.884. The van der Waals surface area contributed by atoms with Crippen LogP contribution in [0.25, 0.3) is 10.8 Å². The van der Waals surface area contributed by atoms with E-state index < -0.39 is 11.9 Å². The van der Waals surface area contributed by atoms with Gasteiger partial charge in [0.15, 0.2) is 0 Å². The average Bonchev–Trinajstić information content (AvgIpc) is 2.29. The average molecular weight is 285 g/mol. The molecule has 2 rings (SSSR count). The number of carboxylic acid groups (broad SMARTS) is 2. The fraction of sp³-hybridized carbons (Fsp3) is 0. The summed E-state index contributed by atoms with van der Waals surface area (Å²) in [6, 6.07) is 5.23. The molecular formula is C12H6Cl2O4. The molecule has 0 spiro atoms. The Balaban J connectivity index is 2.83. The second-order valence-electron chi connectivity index (χ2n) is 3.62. The van der Waals surface area contributed by atoms with Gasteiger partial charge in [0, 0.05) is 20.8 Å². The molecule has 0 amide bonds. The predicted octanol–water partition coefficient (Wildman–Crippen LogP) is 3.54. The minimum atomic E-state index is -1.13. The zero-order valence-electron chi connectivity index (χ0n) is 8.78. The normalized spacial score (nSPS) is 10.6. The molecule has 2 aromatic rings. The van der Waals surface area contributed by atoms with Gasteiger partial charge in [-0.15, -0.1) is 0 Å². The number of carbonyl (C=O) groups is 2. The molecule has 92 valence electrons. The topological polar surface area (TPSA) is 74.6 Å². The van der Waals surface area contributed by atoms with Crippen LogP contribution in [0.15, 0.2) is 24.3 Å². The van der Waals surface area contributed by atoms with Crippen molar-refractivity contribution in [3.8, 4) is 0 Å². The highest BCUT2D eigenvalue weighted by Gasteiger charge is 2.13. The first kappa shape index (κ1) is 12.7. The van der Waals surface area contributed by atoms with Crippen LogP contribution in [0.3, 0.4) is 0 Å². The van der Waals surface area contributed by atoms with Gasteiger partial charge in [0.05, 0.1) is 11.1 Å². The monoisotopic (exact) mass is 284 g/mol. The third kappa shape index (κ3) is 2.12. The van der Waals surface area contributed by atoms with E-state index in [9.17, 15) is 9.59 Å². The van der Waals surface area contributed by atoms with Gasteiger partial charge in [-0.3, -0.25) is 0 Å². The van der Waals surface area contributed by atoms with Crippen molar-refractivity contribution in [1.29, 1.82) is 0 Å². The van der Waals surface area contributed by atoms with Gasteiger partial charge in [-0.2, -0.15) is 0 Å². The minimum Gasteiger partial charge on any atom is -0.478 e. The molecule has 0 aromatic heterocycles. The summed E-state index contributed by atoms with van der Waals surface area (Å²) in [6.45, 7) is 0. The van der Waals surface area contributed by atoms with Crippen molar-refractivity contribution in [3.05, 3.63) is 45.4 Å². The van der Waals surface area contributed by atoms with Crippen LogP contribution in [0.5, 0.6) is 0 Å². The number of aromatic carboxylic acids is 2. The van der Waals surface area contributed by atoms with Gasteiger partial charge < -0.3 is 10.2 Å². The van der Waals surface area contributed by atoms with E-state index in [1.54, 1.807) is 0 Å². The number of hydrogen-bond donors (Lipinski definition) is 2. The maximum absolute atomic E-state index is 10.9. The third-order valence-electron chi connectivity index (χ3n) is 2.46. The summed E-state index contributed by atoms with van der Waals surface area (Å²) >= 11 is 11.9. The molecule has 0 heterocycles. The van der Waals surface area contributed by atoms with Gasteiger partial charge >= 0.3 is 11.9 Å². The van der Waals surface area contributed by atoms with E-state index in [0.29, 0.717) is 10.8 Å². The highest BCUT2D eigenvalue weighted by Crippen LogP contribution is 2.32. The summed E-state index contributed by atoms with van der Waals surface area (Å²) in [4.78, 5) is 21.8. The highest BCUT2D eigenvalue weighted by atomic mass is 35.5. The number of carboxylic acids is 2. The first-order valence-corrected chi connectivity index (χ1v) is 5.55. The fourth-order valence-electron chi connectivity index (χ4n) is 1.62. The van der Waals surface area contributed by atoms with Crippen molar-refractivity contribution in [1.82, 2.24) is 0 Å². The fourth-order valence-corrected chi connectivity index (χ4v) is 2.17. The van der Waals surface area contributed by atoms with Gasteiger partial charge in [0.1, 0.15) is 0 Å². The van der Waals surface area contributed by atoms with Crippen LogP contribution < -0.4 is 0 Å². The number of benzene rings is 2. The third-order valence-corrected chi connectivity index (χ3v) is 3.09. The van der Waals surface area contributed by atoms with Crippen molar-refractivity contribution >= 4 is 45.9 Å². The Morgan fingerprint density at radius 3 is 1.39 bits per heavy atom. The molecular weight excluding hydrogens is 279 g/mol. The maximum Gasteiger partial charge on any atom is 0.335 e. The number of hydrogen-bond acceptors (Lipinski definition) is 2. The Labute approximate surface area is 111 Å². The summed E-state index contributed by atoms with van der Waals surface area (Å²) in [5.74, 6) is -2.26. The molecule has 0 saturated carbocycles. The van der Waals surface area contributed by atoms with Crippen molar-refractivity contribution in [2.75, 3.05) is 0 Å². The zero-order valence-corrected chi connectivity index (χ0v) is 10.3. The van der Waals surface area contributed by atoms with Crippen LogP contribution in [0.4, 0.5) is 0 Å². The van der Waals surface area contributed by atoms with Crippen LogP contribution in [-0.2, 0) is 0 Å². The molecule has 0 atom stereocenters. The Morgan fingerprint density at radius 1 is 0.778 bits per heavy atom. The van der Waals surface area contributed by atoms with E-state index in [4.69, 9.17) is 33.4 Å². The van der Waals surface area contributed by atoms with Gasteiger partial charge in [0.2, 0.25) is 0 Å². The van der Waals surface area contributed by atoms with Gasteiger partial charge in [-0.1, -0.05) is 23.2 Å². The molecule has 0 fully saturated rings. The molecule has 4 nitrogen and oxygen atoms in total. The second kappa shape index (κ2) is 4.48. The summed E-state index contributed by atoms with van der Waals surface area (Å²) in [7, 11) is 0. The Kier molecular flexibility index (Phi) is 3.15. The van der Waals surface area contributed by atoms with Gasteiger partial charge in [0.25, 0.3) is 0 Å². The standard InChI is InChI=1S/C12H6Cl2O4/c13-9-4-6(12(17)18)2-8-7(9)1-5(11(15)16)3-10(8)14/h1-4H,(H,15,16)(H,17,18). The Morgan fingerprint density at radius 2 is 1.11 bits per heavy atom. The van der Waals surface area contributed by atoms with Crippen LogP contribution in [0.1, 0.15) is 20.7 Å². The van der Waals surface area contributed by atoms with Crippen molar-refractivity contribution in [2.24, 2.45) is 0 Å². The first-order chi connectivity index (χ1) is 8.40. The molecule has 0 unspecified atom stereocenters. The molecule has 18 heavy (non-hydrogen) atoms. The Bertz CT molecular complexity index is 620. The van der Waals surface area contributed by atoms with Crippen molar-refractivity contribution < 1.29 is 19.8 Å². The molecule has 2 aromatic carbocycles. The van der Waals surface area contributed by atoms with Crippen LogP contribution in [-0.4, -0.2) is 22.2 Å². The summed E-state index contributed by atoms with van der Waals surface area (Å²) < 4.78 is 0. The van der Waals surface area contributed by atoms with Gasteiger partial charge in [-0.05, 0) is 24.3 Å².